The predicted octanol–water partition coefficient (Wildman–Crippen LogP) is 4.90. The van der Waals surface area contributed by atoms with Gasteiger partial charge in [0.2, 0.25) is 59.1 Å². The first-order valence-corrected chi connectivity index (χ1v) is 38.2. The summed E-state index contributed by atoms with van der Waals surface area (Å²) in [6.45, 7) is 16.0. The Labute approximate surface area is 642 Å². The van der Waals surface area contributed by atoms with Crippen LogP contribution in [0.15, 0.2) is 150 Å². The number of aliphatic carboxylic acids is 1. The maximum Gasteiger partial charge on any atom is 0.325 e. The second kappa shape index (κ2) is 37.3. The van der Waals surface area contributed by atoms with Crippen molar-refractivity contribution < 1.29 is 70.9 Å². The summed E-state index contributed by atoms with van der Waals surface area (Å²) in [7, 11) is -2.99. The molecule has 0 bridgehead atoms. The number of nitrogens with zero attached hydrogens (tertiary/aromatic N) is 2. The van der Waals surface area contributed by atoms with E-state index in [4.69, 9.17) is 20.6 Å². The SMILES string of the molecule is Cc1c(C)c(S(=O)(=O)NC(=N)NCCC[C@H](NC(=O)[C@H](CCC(=O)NC(c2ccccc2)(c2ccccc2)c2ccccc2)NC(=O)[C@@H]2CCCN2C(=O)CNC(=O)[C@H](Cc2ccccc2)N(C)C(=O)CNC(=O)[C@@H](C)NC(=O)[C@@H](N)Cc2ccc(OC(C)(C)C)cc2)C(=O)N[C@@H](C)C(=O)O)c(C)c2c1OC(C)(C)C2. The number of hydrogen-bond acceptors (Lipinski definition) is 16. The van der Waals surface area contributed by atoms with E-state index in [1.165, 1.54) is 25.8 Å². The number of carboxylic acids is 1. The standard InChI is InChI=1S/C81H103N13O15S/c1-49-50(2)70(51(3)60-46-80(9,10)109-69(49)60)110(106,107)92-78(83)84-42-24-34-62(73(100)88-53(5)77(104)105)89-74(101)63(40-41-66(95)91-81(56-28-18-13-19-29-56,57-30-20-14-21-31-57)58-32-22-15-23-33-58)90-76(103)64-35-25-43-94(64)68(97)48-86-75(102)65(45-54-26-16-12-17-27-54)93(11)67(96)47-85-71(98)52(4)87-72(99)61(82)44-55-36-38-59(39-37-55)108-79(6,7)8/h12-23,26-33,36-39,52-53,61-65H,24-25,34-35,40-48,82H2,1-11H3,(H,85,98)(H,86,102)(H,87,99)(H,88,100)(H,89,101)(H,90,103)(H,91,95)(H,104,105)(H3,83,84,92)/t52-,53+,61+,62+,63+,64+,65+/m1/s1. The number of carbonyl (C=O) groups is 10. The van der Waals surface area contributed by atoms with Crippen molar-refractivity contribution in [3.63, 3.8) is 0 Å². The summed E-state index contributed by atoms with van der Waals surface area (Å²) in [5, 5.41) is 40.0. The van der Waals surface area contributed by atoms with Crippen LogP contribution in [0.4, 0.5) is 0 Å². The Morgan fingerprint density at radius 1 is 0.664 bits per heavy atom. The number of likely N-dealkylation sites (tertiary alicyclic amines) is 1. The van der Waals surface area contributed by atoms with Gasteiger partial charge in [0.1, 0.15) is 64.5 Å². The average molecular weight is 1530 g/mol. The molecule has 29 heteroatoms. The number of guanidine groups is 1. The highest BCUT2D eigenvalue weighted by Gasteiger charge is 2.42. The van der Waals surface area contributed by atoms with Gasteiger partial charge in [-0.1, -0.05) is 133 Å². The third kappa shape index (κ3) is 22.3. The quantitative estimate of drug-likeness (QED) is 0.0111. The maximum atomic E-state index is 15.1. The van der Waals surface area contributed by atoms with Gasteiger partial charge in [-0.25, -0.2) is 13.1 Å². The number of fused-ring (bicyclic) bond motifs is 1. The number of rotatable bonds is 34. The Kier molecular flexibility index (Phi) is 28.6. The van der Waals surface area contributed by atoms with E-state index in [1.807, 2.05) is 126 Å². The molecule has 8 rings (SSSR count). The van der Waals surface area contributed by atoms with Gasteiger partial charge in [-0.3, -0.25) is 53.4 Å². The normalized spacial score (nSPS) is 15.4. The molecule has 1 fully saturated rings. The van der Waals surface area contributed by atoms with Crippen LogP contribution in [0.1, 0.15) is 137 Å². The van der Waals surface area contributed by atoms with Crippen LogP contribution < -0.4 is 62.5 Å². The van der Waals surface area contributed by atoms with Crippen molar-refractivity contribution >= 4 is 75.1 Å². The highest BCUT2D eigenvalue weighted by atomic mass is 32.2. The summed E-state index contributed by atoms with van der Waals surface area (Å²) in [6.07, 6.45) is -0.144. The molecule has 0 saturated carbocycles. The van der Waals surface area contributed by atoms with E-state index in [0.717, 1.165) is 16.0 Å². The molecule has 2 aliphatic heterocycles. The minimum Gasteiger partial charge on any atom is -0.488 e. The highest BCUT2D eigenvalue weighted by Crippen LogP contribution is 2.44. The fraction of sp³-hybridized carbons (Fsp3) is 0.420. The van der Waals surface area contributed by atoms with Gasteiger partial charge in [-0.15, -0.1) is 0 Å². The molecule has 6 aromatic rings. The third-order valence-electron chi connectivity index (χ3n) is 19.4. The summed E-state index contributed by atoms with van der Waals surface area (Å²) in [5.41, 5.74) is 9.73. The van der Waals surface area contributed by atoms with Crippen molar-refractivity contribution in [1.29, 1.82) is 5.41 Å². The van der Waals surface area contributed by atoms with Crippen LogP contribution in [0.5, 0.6) is 11.5 Å². The molecule has 6 aromatic carbocycles. The van der Waals surface area contributed by atoms with E-state index in [1.54, 1.807) is 75.4 Å². The first kappa shape index (κ1) is 84.4. The lowest BCUT2D eigenvalue weighted by Gasteiger charge is -2.37. The molecule has 110 heavy (non-hydrogen) atoms. The Hall–Kier alpha value is -11.2. The van der Waals surface area contributed by atoms with Crippen LogP contribution in [0.2, 0.25) is 0 Å². The lowest BCUT2D eigenvalue weighted by atomic mass is 9.77. The molecule has 1 saturated heterocycles. The van der Waals surface area contributed by atoms with Crippen molar-refractivity contribution in [3.8, 4) is 11.5 Å². The molecule has 588 valence electrons. The Balaban J connectivity index is 0.969. The summed E-state index contributed by atoms with van der Waals surface area (Å²) >= 11 is 0. The molecular weight excluding hydrogens is 1430 g/mol. The molecule has 0 aliphatic carbocycles. The number of carboxylic acid groups (broad SMARTS) is 1. The Bertz CT molecular complexity index is 4330. The van der Waals surface area contributed by atoms with Gasteiger partial charge >= 0.3 is 5.97 Å². The summed E-state index contributed by atoms with van der Waals surface area (Å²) < 4.78 is 42.4. The second-order valence-corrected chi connectivity index (χ2v) is 31.1. The van der Waals surface area contributed by atoms with Gasteiger partial charge in [-0.2, -0.15) is 0 Å². The molecular formula is C81H103N13O15S. The van der Waals surface area contributed by atoms with Gasteiger partial charge < -0.3 is 72.6 Å². The number of likely N-dealkylation sites (N-methyl/N-ethyl adjacent to an activating group) is 1. The number of carbonyl (C=O) groups excluding carboxylic acids is 9. The Morgan fingerprint density at radius 2 is 1.20 bits per heavy atom. The smallest absolute Gasteiger partial charge is 0.325 e. The van der Waals surface area contributed by atoms with E-state index in [2.05, 4.69) is 47.3 Å². The average Bonchev–Trinajstić information content (AvgIpc) is 1.46. The van der Waals surface area contributed by atoms with Crippen molar-refractivity contribution in [2.45, 2.75) is 191 Å². The fourth-order valence-electron chi connectivity index (χ4n) is 13.5. The molecule has 2 heterocycles. The zero-order valence-corrected chi connectivity index (χ0v) is 64.9. The van der Waals surface area contributed by atoms with Crippen LogP contribution in [-0.2, 0) is 82.8 Å². The maximum absolute atomic E-state index is 15.1. The zero-order valence-electron chi connectivity index (χ0n) is 64.1. The molecule has 0 radical (unpaired) electrons. The summed E-state index contributed by atoms with van der Waals surface area (Å²) in [4.78, 5) is 143. The molecule has 13 N–H and O–H groups in total. The van der Waals surface area contributed by atoms with E-state index >= 15 is 4.79 Å². The fourth-order valence-corrected chi connectivity index (χ4v) is 15.1. The third-order valence-corrected chi connectivity index (χ3v) is 21.0. The van der Waals surface area contributed by atoms with Crippen LogP contribution in [-0.4, -0.2) is 175 Å². The number of sulfonamides is 1. The van der Waals surface area contributed by atoms with E-state index in [9.17, 15) is 56.7 Å². The predicted molar refractivity (Wildman–Crippen MR) is 414 cm³/mol. The van der Waals surface area contributed by atoms with E-state index in [-0.39, 0.29) is 50.1 Å². The van der Waals surface area contributed by atoms with Crippen molar-refractivity contribution in [2.75, 3.05) is 33.2 Å². The lowest BCUT2D eigenvalue weighted by molar-refractivity contribution is -0.142. The number of ether oxygens (including phenoxy) is 2. The zero-order chi connectivity index (χ0) is 80.4. The molecule has 28 nitrogen and oxygen atoms in total. The molecule has 7 atom stereocenters. The number of benzene rings is 6. The van der Waals surface area contributed by atoms with Crippen molar-refractivity contribution in [2.24, 2.45) is 5.73 Å². The van der Waals surface area contributed by atoms with Gasteiger partial charge in [-0.05, 0) is 164 Å². The molecule has 0 unspecified atom stereocenters. The minimum atomic E-state index is -4.35. The largest absolute Gasteiger partial charge is 0.488 e. The first-order chi connectivity index (χ1) is 52.0. The number of nitrogens with two attached hydrogens (primary N) is 1. The van der Waals surface area contributed by atoms with Crippen molar-refractivity contribution in [3.05, 3.63) is 196 Å². The van der Waals surface area contributed by atoms with E-state index < -0.39 is 160 Å². The highest BCUT2D eigenvalue weighted by molar-refractivity contribution is 7.90. The van der Waals surface area contributed by atoms with Gasteiger partial charge in [0, 0.05) is 45.0 Å². The van der Waals surface area contributed by atoms with Gasteiger partial charge in [0.15, 0.2) is 0 Å². The van der Waals surface area contributed by atoms with Crippen molar-refractivity contribution in [1.82, 2.24) is 57.1 Å². The van der Waals surface area contributed by atoms with Crippen LogP contribution in [0, 0.1) is 26.2 Å². The first-order valence-electron chi connectivity index (χ1n) is 36.8. The van der Waals surface area contributed by atoms with E-state index in [0.29, 0.717) is 63.3 Å². The number of amides is 9. The number of hydrogen-bond donors (Lipinski definition) is 12. The molecule has 9 amide bonds. The second-order valence-electron chi connectivity index (χ2n) is 29.5. The van der Waals surface area contributed by atoms with Gasteiger partial charge in [0.05, 0.1) is 24.0 Å². The van der Waals surface area contributed by atoms with Gasteiger partial charge in [0.25, 0.3) is 10.0 Å². The van der Waals surface area contributed by atoms with Crippen LogP contribution >= 0.6 is 0 Å². The molecule has 2 aliphatic rings. The molecule has 0 spiro atoms. The summed E-state index contributed by atoms with van der Waals surface area (Å²) in [6, 6.07) is 34.3. The number of nitrogens with one attached hydrogen (secondary N) is 10. The molecule has 0 aromatic heterocycles. The van der Waals surface area contributed by atoms with Crippen LogP contribution in [0.25, 0.3) is 0 Å². The monoisotopic (exact) mass is 1530 g/mol. The summed E-state index contributed by atoms with van der Waals surface area (Å²) in [5.74, 6) is -7.58. The lowest BCUT2D eigenvalue weighted by Crippen LogP contribution is -2.58. The van der Waals surface area contributed by atoms with Crippen LogP contribution in [0.3, 0.4) is 0 Å². The Morgan fingerprint density at radius 3 is 1.77 bits per heavy atom. The minimum absolute atomic E-state index is 0.00121. The topological polar surface area (TPSA) is 408 Å².